The Hall–Kier alpha value is -3.24. The zero-order valence-corrected chi connectivity index (χ0v) is 17.5. The van der Waals surface area contributed by atoms with Crippen molar-refractivity contribution in [3.63, 3.8) is 0 Å². The number of nitriles is 1. The fourth-order valence-electron chi connectivity index (χ4n) is 3.03. The molecule has 1 atom stereocenters. The Kier molecular flexibility index (Phi) is 6.57. The lowest BCUT2D eigenvalue weighted by molar-refractivity contribution is -0.113. The van der Waals surface area contributed by atoms with Gasteiger partial charge in [0.1, 0.15) is 6.04 Å². The molecule has 0 saturated carbocycles. The average molecular weight is 406 g/mol. The van der Waals surface area contributed by atoms with E-state index in [1.165, 1.54) is 11.8 Å². The van der Waals surface area contributed by atoms with Crippen LogP contribution in [0.5, 0.6) is 0 Å². The van der Waals surface area contributed by atoms with Crippen molar-refractivity contribution in [1.29, 1.82) is 5.26 Å². The molecule has 0 unspecified atom stereocenters. The number of allylic oxidation sites excluding steroid dienone is 1. The number of amides is 1. The summed E-state index contributed by atoms with van der Waals surface area (Å²) in [5, 5.41) is 15.7. The summed E-state index contributed by atoms with van der Waals surface area (Å²) in [6.45, 7) is 1.86. The van der Waals surface area contributed by atoms with Crippen LogP contribution in [0.2, 0.25) is 0 Å². The molecule has 1 aliphatic rings. The van der Waals surface area contributed by atoms with E-state index in [0.29, 0.717) is 10.7 Å². The molecule has 2 N–H and O–H groups in total. The third kappa shape index (κ3) is 4.98. The van der Waals surface area contributed by atoms with Gasteiger partial charge in [-0.15, -0.1) is 0 Å². The van der Waals surface area contributed by atoms with E-state index in [0.717, 1.165) is 22.6 Å². The lowest BCUT2D eigenvalue weighted by Gasteiger charge is -2.26. The van der Waals surface area contributed by atoms with E-state index in [9.17, 15) is 4.79 Å². The van der Waals surface area contributed by atoms with Crippen LogP contribution in [0.1, 0.15) is 18.5 Å². The molecule has 6 nitrogen and oxygen atoms in total. The number of para-hydroxylation sites is 1. The van der Waals surface area contributed by atoms with Crippen molar-refractivity contribution in [2.24, 2.45) is 4.99 Å². The maximum atomic E-state index is 13.1. The van der Waals surface area contributed by atoms with Gasteiger partial charge in [-0.2, -0.15) is 5.26 Å². The van der Waals surface area contributed by atoms with Gasteiger partial charge in [0, 0.05) is 31.2 Å². The van der Waals surface area contributed by atoms with Crippen LogP contribution in [0.3, 0.4) is 0 Å². The highest BCUT2D eigenvalue weighted by atomic mass is 32.2. The topological polar surface area (TPSA) is 80.5 Å². The van der Waals surface area contributed by atoms with Gasteiger partial charge in [-0.3, -0.25) is 4.79 Å². The largest absolute Gasteiger partial charge is 0.378 e. The molecule has 1 heterocycles. The van der Waals surface area contributed by atoms with E-state index < -0.39 is 6.04 Å². The van der Waals surface area contributed by atoms with E-state index in [1.807, 2.05) is 80.5 Å². The lowest BCUT2D eigenvalue weighted by Crippen LogP contribution is -2.32. The number of nitrogens with zero attached hydrogens (tertiary/aromatic N) is 3. The smallest absolute Gasteiger partial charge is 0.255 e. The third-order valence-electron chi connectivity index (χ3n) is 4.49. The lowest BCUT2D eigenvalue weighted by atomic mass is 9.95. The van der Waals surface area contributed by atoms with Crippen molar-refractivity contribution < 1.29 is 4.79 Å². The highest BCUT2D eigenvalue weighted by Crippen LogP contribution is 2.33. The van der Waals surface area contributed by atoms with Gasteiger partial charge >= 0.3 is 0 Å². The molecule has 7 heteroatoms. The van der Waals surface area contributed by atoms with Crippen LogP contribution in [-0.4, -0.2) is 30.9 Å². The Morgan fingerprint density at radius 1 is 1.21 bits per heavy atom. The zero-order chi connectivity index (χ0) is 20.8. The van der Waals surface area contributed by atoms with Crippen molar-refractivity contribution >= 4 is 34.2 Å². The average Bonchev–Trinajstić information content (AvgIpc) is 2.72. The first-order valence-corrected chi connectivity index (χ1v) is 10.2. The molecule has 29 heavy (non-hydrogen) atoms. The summed E-state index contributed by atoms with van der Waals surface area (Å²) in [7, 11) is 3.97. The van der Waals surface area contributed by atoms with Gasteiger partial charge in [0.2, 0.25) is 0 Å². The summed E-state index contributed by atoms with van der Waals surface area (Å²) in [5.74, 6) is 0.0905. The minimum Gasteiger partial charge on any atom is -0.378 e. The minimum atomic E-state index is -0.447. The number of carbonyl (C=O) groups excluding carboxylic acids is 1. The SMILES string of the molecule is CC1=C(C(=O)Nc2ccccc2)[C@H](c2ccc(N(C)C)cc2)N=C(SCC#N)N1. The highest BCUT2D eigenvalue weighted by Gasteiger charge is 2.29. The second kappa shape index (κ2) is 9.30. The second-order valence-electron chi connectivity index (χ2n) is 6.75. The molecule has 0 radical (unpaired) electrons. The van der Waals surface area contributed by atoms with Crippen molar-refractivity contribution in [1.82, 2.24) is 5.32 Å². The Labute approximate surface area is 175 Å². The van der Waals surface area contributed by atoms with Crippen molar-refractivity contribution in [2.45, 2.75) is 13.0 Å². The van der Waals surface area contributed by atoms with Gasteiger partial charge in [0.25, 0.3) is 5.91 Å². The Morgan fingerprint density at radius 3 is 2.52 bits per heavy atom. The maximum absolute atomic E-state index is 13.1. The van der Waals surface area contributed by atoms with Crippen LogP contribution in [0, 0.1) is 11.3 Å². The monoisotopic (exact) mass is 405 g/mol. The molecule has 0 fully saturated rings. The number of nitrogens with one attached hydrogen (secondary N) is 2. The fraction of sp³-hybridized carbons (Fsp3) is 0.227. The van der Waals surface area contributed by atoms with Gasteiger partial charge in [-0.1, -0.05) is 42.1 Å². The molecule has 0 aromatic heterocycles. The quantitative estimate of drug-likeness (QED) is 0.788. The van der Waals surface area contributed by atoms with E-state index in [2.05, 4.69) is 16.7 Å². The molecular formula is C22H23N5OS. The molecule has 0 aliphatic carbocycles. The van der Waals surface area contributed by atoms with E-state index in [-0.39, 0.29) is 11.7 Å². The van der Waals surface area contributed by atoms with Crippen molar-refractivity contribution in [2.75, 3.05) is 30.1 Å². The third-order valence-corrected chi connectivity index (χ3v) is 5.25. The molecule has 1 aliphatic heterocycles. The van der Waals surface area contributed by atoms with Gasteiger partial charge < -0.3 is 15.5 Å². The number of anilines is 2. The van der Waals surface area contributed by atoms with Crippen LogP contribution in [0.25, 0.3) is 0 Å². The highest BCUT2D eigenvalue weighted by molar-refractivity contribution is 8.14. The number of rotatable bonds is 5. The summed E-state index contributed by atoms with van der Waals surface area (Å²) in [5.41, 5.74) is 4.02. The minimum absolute atomic E-state index is 0.198. The van der Waals surface area contributed by atoms with Crippen LogP contribution >= 0.6 is 11.8 Å². The molecular weight excluding hydrogens is 382 g/mol. The summed E-state index contributed by atoms with van der Waals surface area (Å²) in [4.78, 5) is 19.9. The predicted molar refractivity (Wildman–Crippen MR) is 120 cm³/mol. The molecule has 148 valence electrons. The van der Waals surface area contributed by atoms with E-state index in [4.69, 9.17) is 10.3 Å². The maximum Gasteiger partial charge on any atom is 0.255 e. The fourth-order valence-corrected chi connectivity index (χ4v) is 3.64. The number of carbonyl (C=O) groups is 1. The normalized spacial score (nSPS) is 15.8. The van der Waals surface area contributed by atoms with Gasteiger partial charge in [0.15, 0.2) is 5.17 Å². The van der Waals surface area contributed by atoms with Gasteiger partial charge in [-0.25, -0.2) is 4.99 Å². The number of aliphatic imine (C=N–C) groups is 1. The zero-order valence-electron chi connectivity index (χ0n) is 16.6. The van der Waals surface area contributed by atoms with E-state index >= 15 is 0 Å². The van der Waals surface area contributed by atoms with Gasteiger partial charge in [-0.05, 0) is 36.8 Å². The van der Waals surface area contributed by atoms with Crippen LogP contribution in [0.4, 0.5) is 11.4 Å². The van der Waals surface area contributed by atoms with E-state index in [1.54, 1.807) is 0 Å². The predicted octanol–water partition coefficient (Wildman–Crippen LogP) is 3.92. The number of hydrogen-bond acceptors (Lipinski definition) is 6. The molecule has 1 amide bonds. The summed E-state index contributed by atoms with van der Waals surface area (Å²) in [6.07, 6.45) is 0. The summed E-state index contributed by atoms with van der Waals surface area (Å²) < 4.78 is 0. The van der Waals surface area contributed by atoms with Crippen LogP contribution < -0.4 is 15.5 Å². The number of hydrogen-bond donors (Lipinski definition) is 2. The molecule has 0 saturated heterocycles. The summed E-state index contributed by atoms with van der Waals surface area (Å²) >= 11 is 1.33. The van der Waals surface area contributed by atoms with Crippen LogP contribution in [-0.2, 0) is 4.79 Å². The molecule has 2 aromatic carbocycles. The standard InChI is InChI=1S/C22H23N5OS/c1-15-19(21(28)25-17-7-5-4-6-8-17)20(26-22(24-15)29-14-13-23)16-9-11-18(12-10-16)27(2)3/h4-12,20H,14H2,1-3H3,(H,24,26)(H,25,28)/t20-/m0/s1. The molecule has 0 spiro atoms. The Morgan fingerprint density at radius 2 is 1.90 bits per heavy atom. The number of benzene rings is 2. The van der Waals surface area contributed by atoms with Crippen molar-refractivity contribution in [3.05, 3.63) is 71.4 Å². The van der Waals surface area contributed by atoms with Crippen molar-refractivity contribution in [3.8, 4) is 6.07 Å². The van der Waals surface area contributed by atoms with Gasteiger partial charge in [0.05, 0.1) is 17.4 Å². The number of thioether (sulfide) groups is 1. The first-order chi connectivity index (χ1) is 14.0. The number of amidine groups is 1. The molecule has 0 bridgehead atoms. The Bertz CT molecular complexity index is 975. The molecule has 2 aromatic rings. The first kappa shape index (κ1) is 20.5. The molecule has 3 rings (SSSR count). The Balaban J connectivity index is 1.95. The van der Waals surface area contributed by atoms with Crippen LogP contribution in [0.15, 0.2) is 70.9 Å². The second-order valence-corrected chi connectivity index (χ2v) is 7.72. The summed E-state index contributed by atoms with van der Waals surface area (Å²) in [6, 6.07) is 19.0. The first-order valence-electron chi connectivity index (χ1n) is 9.18.